The van der Waals surface area contributed by atoms with Crippen LogP contribution in [0.3, 0.4) is 0 Å². The van der Waals surface area contributed by atoms with E-state index in [1.54, 1.807) is 0 Å². The Morgan fingerprint density at radius 2 is 1.82 bits per heavy atom. The molecule has 11 heavy (non-hydrogen) atoms. The number of hydrogen-bond acceptors (Lipinski definition) is 4. The molecule has 66 valence electrons. The number of carbonyl (C=O) groups is 1. The Bertz CT molecular complexity index is 151. The van der Waals surface area contributed by atoms with Crippen molar-refractivity contribution in [3.63, 3.8) is 0 Å². The van der Waals surface area contributed by atoms with Gasteiger partial charge >= 0.3 is 10.4 Å². The van der Waals surface area contributed by atoms with Gasteiger partial charge in [0.15, 0.2) is 0 Å². The molecule has 0 N–H and O–H groups in total. The predicted octanol–water partition coefficient (Wildman–Crippen LogP) is 2.36. The van der Waals surface area contributed by atoms with Crippen LogP contribution < -0.4 is 0 Å². The first-order chi connectivity index (χ1) is 4.96. The summed E-state index contributed by atoms with van der Waals surface area (Å²) in [6, 6.07) is 0. The van der Waals surface area contributed by atoms with Gasteiger partial charge < -0.3 is 4.29 Å². The monoisotopic (exact) mass is 261 g/mol. The van der Waals surface area contributed by atoms with Crippen LogP contribution in [0.2, 0.25) is 0 Å². The summed E-state index contributed by atoms with van der Waals surface area (Å²) in [5.74, 6) is -1.24. The molecule has 0 bridgehead atoms. The van der Waals surface area contributed by atoms with Gasteiger partial charge in [0.2, 0.25) is 0 Å². The van der Waals surface area contributed by atoms with Crippen LogP contribution in [-0.2, 0) is 13.5 Å². The van der Waals surface area contributed by atoms with Gasteiger partial charge in [0.25, 0.3) is 0 Å². The van der Waals surface area contributed by atoms with E-state index in [0.717, 1.165) is 0 Å². The van der Waals surface area contributed by atoms with E-state index in [2.05, 4.69) is 20.5 Å². The van der Waals surface area contributed by atoms with Crippen molar-refractivity contribution in [1.29, 1.82) is 0 Å². The number of carbonyl (C=O) groups excluding carboxylic acids is 1. The molecule has 0 amide bonds. The van der Waals surface area contributed by atoms with E-state index in [4.69, 9.17) is 46.8 Å². The molecule has 0 rings (SSSR count). The predicted molar refractivity (Wildman–Crippen MR) is 41.0 cm³/mol. The van der Waals surface area contributed by atoms with Gasteiger partial charge in [0.05, 0.1) is 11.9 Å². The van der Waals surface area contributed by atoms with Gasteiger partial charge in [-0.1, -0.05) is 23.2 Å². The molecular formula is C2Cl5NO3. The third kappa shape index (κ3) is 2.99. The van der Waals surface area contributed by atoms with E-state index < -0.39 is 10.4 Å². The van der Waals surface area contributed by atoms with Crippen LogP contribution in [0.5, 0.6) is 0 Å². The van der Waals surface area contributed by atoms with Crippen molar-refractivity contribution in [2.75, 3.05) is 0 Å². The molecule has 0 spiro atoms. The smallest absolute Gasteiger partial charge is 0.343 e. The maximum atomic E-state index is 10.6. The number of halogens is 5. The van der Waals surface area contributed by atoms with Crippen molar-refractivity contribution < 1.29 is 13.5 Å². The highest BCUT2D eigenvalue weighted by Gasteiger charge is 2.44. The molecule has 0 unspecified atom stereocenters. The van der Waals surface area contributed by atoms with Crippen LogP contribution >= 0.6 is 58.7 Å². The molecule has 0 aromatic rings. The molecular weight excluding hydrogens is 263 g/mol. The van der Waals surface area contributed by atoms with Crippen LogP contribution in [0.4, 0.5) is 0 Å². The summed E-state index contributed by atoms with van der Waals surface area (Å²) in [7, 11) is 0. The van der Waals surface area contributed by atoms with Crippen LogP contribution in [0, 0.1) is 0 Å². The van der Waals surface area contributed by atoms with Gasteiger partial charge in [-0.3, -0.25) is 0 Å². The Morgan fingerprint density at radius 1 is 1.36 bits per heavy atom. The fourth-order valence-corrected chi connectivity index (χ4v) is 0.741. The number of rotatable bonds is 3. The summed E-state index contributed by atoms with van der Waals surface area (Å²) in [6.45, 7) is 0. The van der Waals surface area contributed by atoms with Crippen LogP contribution in [0.15, 0.2) is 0 Å². The van der Waals surface area contributed by atoms with Gasteiger partial charge in [-0.05, 0) is 4.58 Å². The second kappa shape index (κ2) is 4.77. The Hall–Kier alpha value is 0.840. The Morgan fingerprint density at radius 3 is 2.09 bits per heavy atom. The zero-order valence-electron chi connectivity index (χ0n) is 4.56. The highest BCUT2D eigenvalue weighted by atomic mass is 35.5. The van der Waals surface area contributed by atoms with Crippen molar-refractivity contribution in [3.8, 4) is 0 Å². The summed E-state index contributed by atoms with van der Waals surface area (Å²) in [5.41, 5.74) is 0. The van der Waals surface area contributed by atoms with Crippen molar-refractivity contribution in [2.45, 2.75) is 4.46 Å². The first-order valence-electron chi connectivity index (χ1n) is 1.92. The van der Waals surface area contributed by atoms with Gasteiger partial charge in [-0.25, -0.2) is 4.79 Å². The molecule has 4 nitrogen and oxygen atoms in total. The van der Waals surface area contributed by atoms with E-state index in [1.165, 1.54) is 0 Å². The molecule has 0 saturated carbocycles. The summed E-state index contributed by atoms with van der Waals surface area (Å²) in [5, 5.41) is 0. The molecule has 0 aromatic carbocycles. The molecule has 0 fully saturated rings. The number of hydroxylamine groups is 1. The highest BCUT2D eigenvalue weighted by Crippen LogP contribution is 2.30. The molecule has 9 heteroatoms. The first-order valence-corrected chi connectivity index (χ1v) is 3.63. The van der Waals surface area contributed by atoms with E-state index in [-0.39, 0.29) is 4.58 Å². The Kier molecular flexibility index (Phi) is 5.13. The van der Waals surface area contributed by atoms with Gasteiger partial charge in [0.1, 0.15) is 11.9 Å². The molecule has 0 aliphatic heterocycles. The molecule has 0 aliphatic carbocycles. The molecule has 0 saturated heterocycles. The summed E-state index contributed by atoms with van der Waals surface area (Å²) in [4.78, 5) is 10.6. The maximum absolute atomic E-state index is 10.6. The molecule has 0 heterocycles. The third-order valence-corrected chi connectivity index (χ3v) is 2.06. The van der Waals surface area contributed by atoms with E-state index in [1.807, 2.05) is 0 Å². The largest absolute Gasteiger partial charge is 0.379 e. The fourth-order valence-electron chi connectivity index (χ4n) is 0.162. The third-order valence-electron chi connectivity index (χ3n) is 0.597. The van der Waals surface area contributed by atoms with Crippen molar-refractivity contribution in [3.05, 3.63) is 0 Å². The van der Waals surface area contributed by atoms with Crippen molar-refractivity contribution >= 4 is 64.7 Å². The first kappa shape index (κ1) is 11.8. The van der Waals surface area contributed by atoms with E-state index in [9.17, 15) is 4.79 Å². The van der Waals surface area contributed by atoms with Crippen LogP contribution in [0.1, 0.15) is 0 Å². The minimum atomic E-state index is -2.29. The SMILES string of the molecule is O=C(OCl)C(Cl)(Cl)N(Cl)OCl. The van der Waals surface area contributed by atoms with Gasteiger partial charge in [-0.2, -0.15) is 4.39 Å². The molecule has 0 aromatic heterocycles. The second-order valence-electron chi connectivity index (χ2n) is 1.22. The highest BCUT2D eigenvalue weighted by molar-refractivity contribution is 6.59. The average Bonchev–Trinajstić information content (AvgIpc) is 2.01. The Balaban J connectivity index is 4.31. The topological polar surface area (TPSA) is 38.8 Å². The zero-order chi connectivity index (χ0) is 9.07. The quantitative estimate of drug-likeness (QED) is 0.339. The maximum Gasteiger partial charge on any atom is 0.379 e. The lowest BCUT2D eigenvalue weighted by atomic mass is 10.7. The van der Waals surface area contributed by atoms with Gasteiger partial charge in [0, 0.05) is 11.8 Å². The number of nitrogens with zero attached hydrogens (tertiary/aromatic N) is 1. The van der Waals surface area contributed by atoms with Crippen LogP contribution in [-0.4, -0.2) is 15.0 Å². The summed E-state index contributed by atoms with van der Waals surface area (Å²) in [6.07, 6.45) is 0. The number of alkyl halides is 2. The summed E-state index contributed by atoms with van der Waals surface area (Å²) >= 11 is 24.9. The lowest BCUT2D eigenvalue weighted by molar-refractivity contribution is -0.143. The normalized spacial score (nSPS) is 11.8. The molecule has 0 radical (unpaired) electrons. The zero-order valence-corrected chi connectivity index (χ0v) is 8.34. The fraction of sp³-hybridized carbons (Fsp3) is 0.500. The van der Waals surface area contributed by atoms with E-state index in [0.29, 0.717) is 0 Å². The van der Waals surface area contributed by atoms with Crippen molar-refractivity contribution in [1.82, 2.24) is 4.58 Å². The van der Waals surface area contributed by atoms with Gasteiger partial charge in [-0.15, -0.1) is 0 Å². The second-order valence-corrected chi connectivity index (χ2v) is 3.11. The lowest BCUT2D eigenvalue weighted by Crippen LogP contribution is -2.38. The average molecular weight is 263 g/mol. The standard InChI is InChI=1S/C2Cl5NO3/c3-2(4,1(9)10-6)8(5)11-7. The van der Waals surface area contributed by atoms with Crippen LogP contribution in [0.25, 0.3) is 0 Å². The Labute approximate surface area is 87.2 Å². The summed E-state index contributed by atoms with van der Waals surface area (Å²) < 4.78 is 5.27. The molecule has 0 atom stereocenters. The molecule has 0 aliphatic rings. The minimum absolute atomic E-state index is 0.127. The van der Waals surface area contributed by atoms with Crippen molar-refractivity contribution in [2.24, 2.45) is 0 Å². The number of hydrogen-bond donors (Lipinski definition) is 0. The lowest BCUT2D eigenvalue weighted by Gasteiger charge is -2.19. The minimum Gasteiger partial charge on any atom is -0.343 e. The van der Waals surface area contributed by atoms with E-state index >= 15 is 0 Å².